The molecule has 0 aliphatic carbocycles. The minimum Gasteiger partial charge on any atom is -0.447 e. The van der Waals surface area contributed by atoms with Gasteiger partial charge < -0.3 is 55.7 Å². The first-order valence-electron chi connectivity index (χ1n) is 19.6. The van der Waals surface area contributed by atoms with E-state index in [1.807, 2.05) is 67.6 Å². The molecule has 6 N–H and O–H groups in total. The lowest BCUT2D eigenvalue weighted by Crippen LogP contribution is -2.55. The number of rotatable bonds is 12. The van der Waals surface area contributed by atoms with Crippen molar-refractivity contribution < 1.29 is 38.1 Å². The van der Waals surface area contributed by atoms with Gasteiger partial charge in [0.1, 0.15) is 30.7 Å². The van der Waals surface area contributed by atoms with Crippen molar-refractivity contribution >= 4 is 54.8 Å². The van der Waals surface area contributed by atoms with E-state index in [1.54, 1.807) is 20.8 Å². The number of nitrogens with one attached hydrogen (secondary N) is 2. The maximum atomic E-state index is 13.5. The van der Waals surface area contributed by atoms with E-state index >= 15 is 0 Å². The van der Waals surface area contributed by atoms with E-state index in [9.17, 15) is 19.2 Å². The van der Waals surface area contributed by atoms with Crippen molar-refractivity contribution in [3.63, 3.8) is 0 Å². The first-order valence-corrected chi connectivity index (χ1v) is 19.6. The van der Waals surface area contributed by atoms with Gasteiger partial charge in [0.05, 0.1) is 13.2 Å². The molecule has 0 spiro atoms. The maximum absolute atomic E-state index is 13.5. The lowest BCUT2D eigenvalue weighted by atomic mass is 9.96. The third-order valence-corrected chi connectivity index (χ3v) is 10.7. The number of halogens is 2. The number of hydrogen-bond acceptors (Lipinski definition) is 11. The van der Waals surface area contributed by atoms with Crippen LogP contribution in [0.25, 0.3) is 0 Å². The fourth-order valence-corrected chi connectivity index (χ4v) is 7.15. The summed E-state index contributed by atoms with van der Waals surface area (Å²) in [7, 11) is 0. The number of ether oxygens (including phenoxy) is 4. The number of pyridine rings is 1. The van der Waals surface area contributed by atoms with Crippen LogP contribution in [-0.4, -0.2) is 115 Å². The molecule has 3 fully saturated rings. The van der Waals surface area contributed by atoms with E-state index in [1.165, 1.54) is 0 Å². The van der Waals surface area contributed by atoms with Crippen LogP contribution < -0.4 is 22.1 Å². The number of aromatic nitrogens is 1. The van der Waals surface area contributed by atoms with Crippen molar-refractivity contribution in [1.82, 2.24) is 30.3 Å². The third kappa shape index (κ3) is 13.3. The molecular formula is C41H56Cl2N8O8. The van der Waals surface area contributed by atoms with Gasteiger partial charge >= 0.3 is 18.2 Å². The monoisotopic (exact) mass is 858 g/mol. The smallest absolute Gasteiger partial charge is 0.410 e. The summed E-state index contributed by atoms with van der Waals surface area (Å²) in [6, 6.07) is 20.7. The molecule has 6 rings (SSSR count). The van der Waals surface area contributed by atoms with Crippen LogP contribution >= 0.6 is 24.8 Å². The van der Waals surface area contributed by atoms with E-state index in [0.717, 1.165) is 27.9 Å². The molecule has 3 aromatic rings. The molecule has 0 unspecified atom stereocenters. The van der Waals surface area contributed by atoms with Crippen molar-refractivity contribution in [2.24, 2.45) is 11.7 Å². The zero-order valence-electron chi connectivity index (χ0n) is 33.3. The van der Waals surface area contributed by atoms with Gasteiger partial charge in [-0.25, -0.2) is 19.4 Å². The number of nitrogen functional groups attached to an aromatic ring is 1. The van der Waals surface area contributed by atoms with Gasteiger partial charge in [-0.15, -0.1) is 24.8 Å². The largest absolute Gasteiger partial charge is 0.447 e. The van der Waals surface area contributed by atoms with E-state index in [0.29, 0.717) is 84.0 Å². The van der Waals surface area contributed by atoms with Gasteiger partial charge in [0.15, 0.2) is 0 Å². The molecule has 3 saturated heterocycles. The average Bonchev–Trinajstić information content (AvgIpc) is 3.24. The molecule has 59 heavy (non-hydrogen) atoms. The molecule has 322 valence electrons. The Morgan fingerprint density at radius 1 is 0.780 bits per heavy atom. The minimum absolute atomic E-state index is 0. The number of benzene rings is 2. The minimum atomic E-state index is -0.712. The number of amides is 5. The normalized spacial score (nSPS) is 19.4. The number of anilines is 1. The maximum Gasteiger partial charge on any atom is 0.410 e. The molecule has 4 heterocycles. The van der Waals surface area contributed by atoms with E-state index in [4.69, 9.17) is 30.4 Å². The summed E-state index contributed by atoms with van der Waals surface area (Å²) in [4.78, 5) is 61.6. The first kappa shape index (κ1) is 46.8. The Balaban J connectivity index is 0.00000384. The lowest BCUT2D eigenvalue weighted by molar-refractivity contribution is -0.178. The van der Waals surface area contributed by atoms with E-state index in [2.05, 4.69) is 15.6 Å². The predicted molar refractivity (Wildman–Crippen MR) is 225 cm³/mol. The molecular weight excluding hydrogens is 803 g/mol. The Hall–Kier alpha value is -4.87. The number of piperidine rings is 1. The molecule has 2 aromatic carbocycles. The van der Waals surface area contributed by atoms with Crippen molar-refractivity contribution in [1.29, 1.82) is 0 Å². The number of piperazine rings is 1. The van der Waals surface area contributed by atoms with Gasteiger partial charge in [-0.3, -0.25) is 4.79 Å². The van der Waals surface area contributed by atoms with Crippen LogP contribution in [0.4, 0.5) is 20.2 Å². The second kappa shape index (κ2) is 23.1. The fourth-order valence-electron chi connectivity index (χ4n) is 7.15. The number of nitrogens with two attached hydrogens (primary N) is 2. The molecule has 3 atom stereocenters. The summed E-state index contributed by atoms with van der Waals surface area (Å²) < 4.78 is 24.2. The number of likely N-dealkylation sites (tertiary alicyclic amines) is 1. The number of hydrogen-bond donors (Lipinski definition) is 4. The Morgan fingerprint density at radius 2 is 1.44 bits per heavy atom. The van der Waals surface area contributed by atoms with Gasteiger partial charge in [-0.2, -0.15) is 0 Å². The molecule has 16 nitrogen and oxygen atoms in total. The molecule has 1 aromatic heterocycles. The number of aryl methyl sites for hydroxylation is 1. The SMILES string of the molecule is Cc1nc(N)ccc1CNC(=O)C1CCN(C(=O)OC[C@H]2OCC[C@@H](OC(=O)N3CCN(C(=O)NCc4ccc(CN)cc4)CC3)[C@@H]2OCc2ccccc2)CC1.Cl.Cl. The Labute approximate surface area is 357 Å². The summed E-state index contributed by atoms with van der Waals surface area (Å²) in [5.41, 5.74) is 16.0. The number of carbonyl (C=O) groups is 4. The molecule has 0 radical (unpaired) electrons. The average molecular weight is 860 g/mol. The summed E-state index contributed by atoms with van der Waals surface area (Å²) in [5, 5.41) is 5.93. The highest BCUT2D eigenvalue weighted by Gasteiger charge is 2.40. The summed E-state index contributed by atoms with van der Waals surface area (Å²) in [6.07, 6.45) is -1.66. The molecule has 3 aliphatic heterocycles. The highest BCUT2D eigenvalue weighted by molar-refractivity contribution is 5.85. The molecule has 18 heteroatoms. The highest BCUT2D eigenvalue weighted by Crippen LogP contribution is 2.25. The van der Waals surface area contributed by atoms with Crippen molar-refractivity contribution in [3.8, 4) is 0 Å². The van der Waals surface area contributed by atoms with Crippen LogP contribution in [0.1, 0.15) is 47.2 Å². The highest BCUT2D eigenvalue weighted by atomic mass is 35.5. The summed E-state index contributed by atoms with van der Waals surface area (Å²) >= 11 is 0. The number of carbonyl (C=O) groups excluding carboxylic acids is 4. The summed E-state index contributed by atoms with van der Waals surface area (Å²) in [6.45, 7) is 5.56. The number of nitrogens with zero attached hydrogens (tertiary/aromatic N) is 4. The quantitative estimate of drug-likeness (QED) is 0.204. The van der Waals surface area contributed by atoms with Crippen molar-refractivity contribution in [3.05, 3.63) is 94.7 Å². The van der Waals surface area contributed by atoms with Crippen LogP contribution in [0.3, 0.4) is 0 Å². The topological polar surface area (TPSA) is 204 Å². The Kier molecular flexibility index (Phi) is 18.3. The second-order valence-corrected chi connectivity index (χ2v) is 14.6. The molecule has 3 aliphatic rings. The van der Waals surface area contributed by atoms with Gasteiger partial charge in [-0.05, 0) is 48.1 Å². The molecule has 0 saturated carbocycles. The molecule has 5 amide bonds. The predicted octanol–water partition coefficient (Wildman–Crippen LogP) is 4.15. The second-order valence-electron chi connectivity index (χ2n) is 14.6. The fraction of sp³-hybridized carbons (Fsp3) is 0.488. The van der Waals surface area contributed by atoms with E-state index < -0.39 is 30.5 Å². The van der Waals surface area contributed by atoms with Crippen LogP contribution in [0.5, 0.6) is 0 Å². The van der Waals surface area contributed by atoms with E-state index in [-0.39, 0.29) is 62.5 Å². The van der Waals surface area contributed by atoms with Crippen molar-refractivity contribution in [2.45, 2.75) is 70.7 Å². The van der Waals surface area contributed by atoms with Crippen LogP contribution in [0.2, 0.25) is 0 Å². The van der Waals surface area contributed by atoms with Crippen LogP contribution in [0.15, 0.2) is 66.7 Å². The standard InChI is InChI=1S/C41H54N8O8.2ClH/c1-28-33(11-12-36(43)46-28)25-44-38(50)32-13-16-48(17-14-32)40(52)56-27-35-37(55-26-31-5-3-2-4-6-31)34(15-22-54-35)57-41(53)49-20-18-47(19-21-49)39(51)45-24-30-9-7-29(23-42)8-10-30;;/h2-12,32,34-35,37H,13-27,42H2,1H3,(H2,43,46)(H,44,50)(H,45,51);2*1H/t34-,35-,37+;;/m1../s1. The van der Waals surface area contributed by atoms with Crippen LogP contribution in [0, 0.1) is 12.8 Å². The lowest BCUT2D eigenvalue weighted by Gasteiger charge is -2.39. The van der Waals surface area contributed by atoms with Gasteiger partial charge in [-0.1, -0.05) is 60.7 Å². The zero-order valence-corrected chi connectivity index (χ0v) is 34.9. The zero-order chi connectivity index (χ0) is 40.1. The van der Waals surface area contributed by atoms with Gasteiger partial charge in [0, 0.05) is 76.9 Å². The van der Waals surface area contributed by atoms with Gasteiger partial charge in [0.2, 0.25) is 5.91 Å². The third-order valence-electron chi connectivity index (χ3n) is 10.7. The Morgan fingerprint density at radius 3 is 2.12 bits per heavy atom. The first-order chi connectivity index (χ1) is 27.7. The number of urea groups is 1. The Bertz CT molecular complexity index is 1810. The van der Waals surface area contributed by atoms with Gasteiger partial charge in [0.25, 0.3) is 0 Å². The molecule has 0 bridgehead atoms. The van der Waals surface area contributed by atoms with Crippen molar-refractivity contribution in [2.75, 3.05) is 58.2 Å². The van der Waals surface area contributed by atoms with Crippen LogP contribution in [-0.2, 0) is 50.0 Å². The summed E-state index contributed by atoms with van der Waals surface area (Å²) in [5.74, 6) is 0.138.